The van der Waals surface area contributed by atoms with E-state index in [-0.39, 0.29) is 0 Å². The topological polar surface area (TPSA) is 61.0 Å². The average molecular weight is 331 g/mol. The van der Waals surface area contributed by atoms with E-state index in [1.54, 1.807) is 23.1 Å². The first-order chi connectivity index (χ1) is 10.7. The van der Waals surface area contributed by atoms with Crippen LogP contribution in [-0.4, -0.2) is 22.3 Å². The first kappa shape index (κ1) is 15.1. The highest BCUT2D eigenvalue weighted by molar-refractivity contribution is 7.99. The van der Waals surface area contributed by atoms with Gasteiger partial charge in [0.05, 0.1) is 12.0 Å². The molecule has 4 nitrogen and oxygen atoms in total. The van der Waals surface area contributed by atoms with Crippen molar-refractivity contribution >= 4 is 39.1 Å². The third kappa shape index (κ3) is 3.69. The molecule has 0 aliphatic rings. The minimum absolute atomic E-state index is 0.560. The van der Waals surface area contributed by atoms with Gasteiger partial charge in [-0.1, -0.05) is 23.9 Å². The fourth-order valence-corrected chi connectivity index (χ4v) is 3.63. The number of nitrogen functional groups attached to an aromatic ring is 1. The Bertz CT molecular complexity index is 773. The molecule has 0 radical (unpaired) electrons. The van der Waals surface area contributed by atoms with Gasteiger partial charge < -0.3 is 10.5 Å². The van der Waals surface area contributed by atoms with E-state index in [1.807, 2.05) is 29.6 Å². The number of aromatic nitrogens is 2. The Balaban J connectivity index is 1.48. The molecule has 0 spiro atoms. The SMILES string of the molecule is Cc1cccc(OCCCSc2nc(N)c3ccsc3n2)c1. The molecule has 114 valence electrons. The van der Waals surface area contributed by atoms with Crippen molar-refractivity contribution in [1.29, 1.82) is 0 Å². The van der Waals surface area contributed by atoms with Crippen LogP contribution in [0.3, 0.4) is 0 Å². The Morgan fingerprint density at radius 2 is 2.18 bits per heavy atom. The molecule has 2 heterocycles. The van der Waals surface area contributed by atoms with Gasteiger partial charge in [0.15, 0.2) is 5.16 Å². The van der Waals surface area contributed by atoms with Gasteiger partial charge in [-0.2, -0.15) is 0 Å². The standard InChI is InChI=1S/C16H17N3OS2/c1-11-4-2-5-12(10-11)20-7-3-8-22-16-18-14(17)13-6-9-21-15(13)19-16/h2,4-6,9-10H,3,7-8H2,1H3,(H2,17,18,19). The van der Waals surface area contributed by atoms with E-state index in [0.717, 1.165) is 33.3 Å². The van der Waals surface area contributed by atoms with Crippen molar-refractivity contribution < 1.29 is 4.74 Å². The lowest BCUT2D eigenvalue weighted by Crippen LogP contribution is -2.00. The van der Waals surface area contributed by atoms with Crippen molar-refractivity contribution in [3.63, 3.8) is 0 Å². The van der Waals surface area contributed by atoms with Gasteiger partial charge in [-0.3, -0.25) is 0 Å². The number of aryl methyl sites for hydroxylation is 1. The number of hydrogen-bond acceptors (Lipinski definition) is 6. The number of thiophene rings is 1. The summed E-state index contributed by atoms with van der Waals surface area (Å²) in [6.07, 6.45) is 0.935. The summed E-state index contributed by atoms with van der Waals surface area (Å²) in [7, 11) is 0. The van der Waals surface area contributed by atoms with Gasteiger partial charge in [0.2, 0.25) is 0 Å². The van der Waals surface area contributed by atoms with Crippen molar-refractivity contribution in [2.75, 3.05) is 18.1 Å². The molecule has 0 unspecified atom stereocenters. The Morgan fingerprint density at radius 3 is 3.05 bits per heavy atom. The number of rotatable bonds is 6. The highest BCUT2D eigenvalue weighted by Gasteiger charge is 2.06. The number of fused-ring (bicyclic) bond motifs is 1. The molecule has 6 heteroatoms. The second-order valence-electron chi connectivity index (χ2n) is 4.90. The largest absolute Gasteiger partial charge is 0.494 e. The monoisotopic (exact) mass is 331 g/mol. The minimum atomic E-state index is 0.560. The van der Waals surface area contributed by atoms with Gasteiger partial charge in [-0.15, -0.1) is 11.3 Å². The predicted molar refractivity (Wildman–Crippen MR) is 93.8 cm³/mol. The summed E-state index contributed by atoms with van der Waals surface area (Å²) in [6.45, 7) is 2.75. The maximum absolute atomic E-state index is 5.94. The Morgan fingerprint density at radius 1 is 1.27 bits per heavy atom. The van der Waals surface area contributed by atoms with Crippen molar-refractivity contribution in [1.82, 2.24) is 9.97 Å². The third-order valence-corrected chi connectivity index (χ3v) is 4.85. The molecule has 0 fully saturated rings. The van der Waals surface area contributed by atoms with E-state index < -0.39 is 0 Å². The summed E-state index contributed by atoms with van der Waals surface area (Å²) in [5.74, 6) is 2.39. The summed E-state index contributed by atoms with van der Waals surface area (Å²) in [4.78, 5) is 9.80. The number of nitrogens with zero attached hydrogens (tertiary/aromatic N) is 2. The molecule has 1 aromatic carbocycles. The van der Waals surface area contributed by atoms with Gasteiger partial charge in [-0.05, 0) is 42.5 Å². The van der Waals surface area contributed by atoms with Crippen LogP contribution < -0.4 is 10.5 Å². The maximum atomic E-state index is 5.94. The van der Waals surface area contributed by atoms with E-state index >= 15 is 0 Å². The van der Waals surface area contributed by atoms with Crippen molar-refractivity contribution in [3.8, 4) is 5.75 Å². The molecular formula is C16H17N3OS2. The van der Waals surface area contributed by atoms with Crippen LogP contribution in [0.2, 0.25) is 0 Å². The van der Waals surface area contributed by atoms with Crippen LogP contribution in [0.25, 0.3) is 10.2 Å². The molecule has 2 aromatic heterocycles. The number of hydrogen-bond donors (Lipinski definition) is 1. The van der Waals surface area contributed by atoms with E-state index in [4.69, 9.17) is 10.5 Å². The first-order valence-electron chi connectivity index (χ1n) is 7.05. The molecule has 0 saturated heterocycles. The average Bonchev–Trinajstić information content (AvgIpc) is 2.96. The molecular weight excluding hydrogens is 314 g/mol. The zero-order valence-electron chi connectivity index (χ0n) is 12.3. The molecule has 2 N–H and O–H groups in total. The Kier molecular flexibility index (Phi) is 4.80. The lowest BCUT2D eigenvalue weighted by atomic mass is 10.2. The number of ether oxygens (including phenoxy) is 1. The molecule has 22 heavy (non-hydrogen) atoms. The molecule has 3 aromatic rings. The third-order valence-electron chi connectivity index (χ3n) is 3.11. The van der Waals surface area contributed by atoms with Crippen molar-refractivity contribution in [2.24, 2.45) is 0 Å². The fourth-order valence-electron chi connectivity index (χ4n) is 2.04. The summed E-state index contributed by atoms with van der Waals surface area (Å²) in [5, 5.41) is 3.67. The molecule has 3 rings (SSSR count). The molecule has 0 aliphatic heterocycles. The smallest absolute Gasteiger partial charge is 0.190 e. The minimum Gasteiger partial charge on any atom is -0.494 e. The zero-order valence-corrected chi connectivity index (χ0v) is 13.9. The summed E-state index contributed by atoms with van der Waals surface area (Å²) in [5.41, 5.74) is 7.15. The van der Waals surface area contributed by atoms with E-state index in [0.29, 0.717) is 12.4 Å². The second-order valence-corrected chi connectivity index (χ2v) is 6.85. The lowest BCUT2D eigenvalue weighted by Gasteiger charge is -2.06. The van der Waals surface area contributed by atoms with Gasteiger partial charge >= 0.3 is 0 Å². The second kappa shape index (κ2) is 6.98. The Hall–Kier alpha value is -1.79. The summed E-state index contributed by atoms with van der Waals surface area (Å²) < 4.78 is 5.73. The number of thioether (sulfide) groups is 1. The van der Waals surface area contributed by atoms with Crippen LogP contribution in [0.5, 0.6) is 5.75 Å². The number of nitrogens with two attached hydrogens (primary N) is 1. The molecule has 0 bridgehead atoms. The summed E-state index contributed by atoms with van der Waals surface area (Å²) >= 11 is 3.20. The quantitative estimate of drug-likeness (QED) is 0.418. The lowest BCUT2D eigenvalue weighted by molar-refractivity contribution is 0.318. The van der Waals surface area contributed by atoms with E-state index in [9.17, 15) is 0 Å². The molecule has 0 saturated carbocycles. The van der Waals surface area contributed by atoms with Crippen LogP contribution in [-0.2, 0) is 0 Å². The van der Waals surface area contributed by atoms with Crippen LogP contribution >= 0.6 is 23.1 Å². The maximum Gasteiger partial charge on any atom is 0.190 e. The van der Waals surface area contributed by atoms with Gasteiger partial charge in [0.25, 0.3) is 0 Å². The van der Waals surface area contributed by atoms with Crippen LogP contribution in [0.1, 0.15) is 12.0 Å². The molecule has 0 atom stereocenters. The first-order valence-corrected chi connectivity index (χ1v) is 8.92. The zero-order chi connectivity index (χ0) is 15.4. The van der Waals surface area contributed by atoms with Crippen molar-refractivity contribution in [2.45, 2.75) is 18.5 Å². The highest BCUT2D eigenvalue weighted by Crippen LogP contribution is 2.26. The fraction of sp³-hybridized carbons (Fsp3) is 0.250. The normalized spacial score (nSPS) is 11.0. The highest BCUT2D eigenvalue weighted by atomic mass is 32.2. The van der Waals surface area contributed by atoms with Crippen LogP contribution in [0, 0.1) is 6.92 Å². The van der Waals surface area contributed by atoms with E-state index in [2.05, 4.69) is 23.0 Å². The van der Waals surface area contributed by atoms with E-state index in [1.165, 1.54) is 5.56 Å². The number of benzene rings is 1. The number of anilines is 1. The molecule has 0 amide bonds. The van der Waals surface area contributed by atoms with Gasteiger partial charge in [0.1, 0.15) is 16.4 Å². The van der Waals surface area contributed by atoms with Crippen LogP contribution in [0.15, 0.2) is 40.9 Å². The van der Waals surface area contributed by atoms with Crippen LogP contribution in [0.4, 0.5) is 5.82 Å². The van der Waals surface area contributed by atoms with Gasteiger partial charge in [0, 0.05) is 5.75 Å². The summed E-state index contributed by atoms with van der Waals surface area (Å²) in [6, 6.07) is 10.0. The Labute approximate surface area is 137 Å². The van der Waals surface area contributed by atoms with Crippen molar-refractivity contribution in [3.05, 3.63) is 41.3 Å². The van der Waals surface area contributed by atoms with Gasteiger partial charge in [-0.25, -0.2) is 9.97 Å². The molecule has 0 aliphatic carbocycles. The predicted octanol–water partition coefficient (Wildman–Crippen LogP) is 4.14.